The van der Waals surface area contributed by atoms with Crippen LogP contribution in [-0.4, -0.2) is 86.4 Å². The van der Waals surface area contributed by atoms with Crippen molar-refractivity contribution >= 4 is 17.5 Å². The van der Waals surface area contributed by atoms with Crippen LogP contribution in [0, 0.1) is 0 Å². The van der Waals surface area contributed by atoms with E-state index in [9.17, 15) is 9.59 Å². The third kappa shape index (κ3) is 4.18. The first-order valence-electron chi connectivity index (χ1n) is 10.00. The second-order valence-corrected chi connectivity index (χ2v) is 7.68. The highest BCUT2D eigenvalue weighted by Crippen LogP contribution is 2.20. The van der Waals surface area contributed by atoms with E-state index in [1.807, 2.05) is 28.8 Å². The Morgan fingerprint density at radius 2 is 1.96 bits per heavy atom. The number of fused-ring (bicyclic) bond motifs is 1. The Morgan fingerprint density at radius 1 is 1.14 bits per heavy atom. The van der Waals surface area contributed by atoms with Crippen LogP contribution in [0.5, 0.6) is 0 Å². The number of hydrogen-bond donors (Lipinski definition) is 1. The number of imidazole rings is 1. The summed E-state index contributed by atoms with van der Waals surface area (Å²) in [5.41, 5.74) is 2.01. The van der Waals surface area contributed by atoms with Crippen LogP contribution in [0.4, 0.5) is 0 Å². The summed E-state index contributed by atoms with van der Waals surface area (Å²) < 4.78 is 2.03. The molecule has 2 fully saturated rings. The van der Waals surface area contributed by atoms with Crippen LogP contribution in [0.1, 0.15) is 25.0 Å². The monoisotopic (exact) mass is 385 g/mol. The minimum Gasteiger partial charge on any atom is -0.480 e. The number of aliphatic carboxylic acids is 1. The lowest BCUT2D eigenvalue weighted by Gasteiger charge is -2.39. The summed E-state index contributed by atoms with van der Waals surface area (Å²) >= 11 is 0. The maximum Gasteiger partial charge on any atom is 0.323 e. The summed E-state index contributed by atoms with van der Waals surface area (Å²) in [5, 5.41) is 9.08. The van der Waals surface area contributed by atoms with Gasteiger partial charge < -0.3 is 14.4 Å². The zero-order valence-electron chi connectivity index (χ0n) is 16.0. The highest BCUT2D eigenvalue weighted by atomic mass is 16.4. The van der Waals surface area contributed by atoms with Gasteiger partial charge >= 0.3 is 5.97 Å². The van der Waals surface area contributed by atoms with Crippen LogP contribution in [0.15, 0.2) is 30.6 Å². The second-order valence-electron chi connectivity index (χ2n) is 7.68. The lowest BCUT2D eigenvalue weighted by molar-refractivity contribution is -0.146. The van der Waals surface area contributed by atoms with Gasteiger partial charge in [-0.2, -0.15) is 0 Å². The number of carboxylic acid groups (broad SMARTS) is 1. The van der Waals surface area contributed by atoms with Gasteiger partial charge in [0, 0.05) is 51.7 Å². The lowest BCUT2D eigenvalue weighted by Crippen LogP contribution is -2.55. The number of pyridine rings is 1. The number of nitrogens with zero attached hydrogens (tertiary/aromatic N) is 5. The van der Waals surface area contributed by atoms with Gasteiger partial charge in [-0.25, -0.2) is 4.98 Å². The first-order chi connectivity index (χ1) is 13.6. The van der Waals surface area contributed by atoms with Crippen molar-refractivity contribution in [2.45, 2.75) is 31.8 Å². The van der Waals surface area contributed by atoms with Crippen LogP contribution < -0.4 is 0 Å². The maximum atomic E-state index is 12.8. The van der Waals surface area contributed by atoms with Gasteiger partial charge in [0.05, 0.1) is 11.7 Å². The Bertz CT molecular complexity index is 810. The molecule has 2 aromatic rings. The molecule has 0 radical (unpaired) electrons. The summed E-state index contributed by atoms with van der Waals surface area (Å²) in [6, 6.07) is 5.80. The molecule has 2 aliphatic heterocycles. The summed E-state index contributed by atoms with van der Waals surface area (Å²) in [7, 11) is 0. The molecule has 0 spiro atoms. The molecule has 2 saturated heterocycles. The molecule has 4 rings (SSSR count). The Labute approximate surface area is 164 Å². The van der Waals surface area contributed by atoms with Crippen LogP contribution in [0.2, 0.25) is 0 Å². The summed E-state index contributed by atoms with van der Waals surface area (Å²) in [4.78, 5) is 34.7. The Morgan fingerprint density at radius 3 is 2.71 bits per heavy atom. The molecule has 0 aromatic carbocycles. The van der Waals surface area contributed by atoms with E-state index in [0.29, 0.717) is 6.54 Å². The highest BCUT2D eigenvalue weighted by molar-refractivity contribution is 5.85. The fourth-order valence-corrected chi connectivity index (χ4v) is 4.27. The van der Waals surface area contributed by atoms with Gasteiger partial charge in [0.25, 0.3) is 0 Å². The predicted molar refractivity (Wildman–Crippen MR) is 104 cm³/mol. The largest absolute Gasteiger partial charge is 0.480 e. The molecular formula is C20H27N5O3. The maximum absolute atomic E-state index is 12.8. The fraction of sp³-hybridized carbons (Fsp3) is 0.550. The first-order valence-corrected chi connectivity index (χ1v) is 10.00. The van der Waals surface area contributed by atoms with Gasteiger partial charge in [0.15, 0.2) is 0 Å². The number of piperazine rings is 1. The van der Waals surface area contributed by atoms with E-state index < -0.39 is 5.97 Å². The molecule has 0 bridgehead atoms. The Kier molecular flexibility index (Phi) is 5.59. The van der Waals surface area contributed by atoms with E-state index >= 15 is 0 Å². The lowest BCUT2D eigenvalue weighted by atomic mass is 10.1. The molecule has 1 atom stereocenters. The van der Waals surface area contributed by atoms with Gasteiger partial charge in [-0.05, 0) is 31.4 Å². The van der Waals surface area contributed by atoms with Crippen molar-refractivity contribution < 1.29 is 14.7 Å². The van der Waals surface area contributed by atoms with Gasteiger partial charge in [0.1, 0.15) is 12.2 Å². The highest BCUT2D eigenvalue weighted by Gasteiger charge is 2.34. The molecule has 28 heavy (non-hydrogen) atoms. The molecule has 150 valence electrons. The minimum absolute atomic E-state index is 0.0197. The van der Waals surface area contributed by atoms with Crippen molar-refractivity contribution in [2.24, 2.45) is 0 Å². The molecule has 0 saturated carbocycles. The van der Waals surface area contributed by atoms with Crippen molar-refractivity contribution in [3.05, 3.63) is 36.3 Å². The summed E-state index contributed by atoms with van der Waals surface area (Å²) in [5.74, 6) is -0.958. The molecule has 2 aromatic heterocycles. The molecule has 8 heteroatoms. The van der Waals surface area contributed by atoms with E-state index in [4.69, 9.17) is 5.11 Å². The van der Waals surface area contributed by atoms with E-state index in [1.165, 1.54) is 4.90 Å². The van der Waals surface area contributed by atoms with Crippen molar-refractivity contribution in [1.29, 1.82) is 0 Å². The minimum atomic E-state index is -0.939. The molecule has 1 unspecified atom stereocenters. The first kappa shape index (κ1) is 18.9. The zero-order chi connectivity index (χ0) is 19.5. The predicted octanol–water partition coefficient (Wildman–Crippen LogP) is 0.918. The third-order valence-electron chi connectivity index (χ3n) is 5.73. The average molecular weight is 385 g/mol. The molecule has 4 heterocycles. The van der Waals surface area contributed by atoms with Gasteiger partial charge in [-0.3, -0.25) is 19.4 Å². The molecule has 1 N–H and O–H groups in total. The van der Waals surface area contributed by atoms with Crippen molar-refractivity contribution in [3.8, 4) is 0 Å². The molecular weight excluding hydrogens is 358 g/mol. The number of carbonyl (C=O) groups is 2. The molecule has 0 aliphatic carbocycles. The van der Waals surface area contributed by atoms with E-state index in [-0.39, 0.29) is 18.5 Å². The van der Waals surface area contributed by atoms with Gasteiger partial charge in [-0.1, -0.05) is 6.07 Å². The van der Waals surface area contributed by atoms with Crippen LogP contribution in [-0.2, 0) is 16.1 Å². The number of rotatable bonds is 5. The Hall–Kier alpha value is -2.45. The number of carbonyl (C=O) groups excluding carboxylic acids is 1. The van der Waals surface area contributed by atoms with Crippen LogP contribution in [0.3, 0.4) is 0 Å². The second kappa shape index (κ2) is 8.28. The average Bonchev–Trinajstić information content (AvgIpc) is 3.01. The fourth-order valence-electron chi connectivity index (χ4n) is 4.27. The number of amides is 1. The number of carboxylic acids is 1. The zero-order valence-corrected chi connectivity index (χ0v) is 16.0. The summed E-state index contributed by atoms with van der Waals surface area (Å²) in [6.45, 7) is 4.58. The standard InChI is InChI=1S/C20H27N5O3/c26-19(27)15-25-8-3-1-5-17(20(25)28)23-11-9-22(10-12-23)13-16-14-24-7-4-2-6-18(24)21-16/h2,4,6-7,14,17H,1,3,5,8-13,15H2,(H,26,27). The number of aromatic nitrogens is 2. The van der Waals surface area contributed by atoms with Crippen LogP contribution >= 0.6 is 0 Å². The SMILES string of the molecule is O=C(O)CN1CCCCC(N2CCN(Cc3cn4ccccc4n3)CC2)C1=O. The smallest absolute Gasteiger partial charge is 0.323 e. The van der Waals surface area contributed by atoms with E-state index in [0.717, 1.165) is 63.3 Å². The van der Waals surface area contributed by atoms with Crippen LogP contribution in [0.25, 0.3) is 5.65 Å². The normalized spacial score (nSPS) is 22.5. The van der Waals surface area contributed by atoms with Crippen molar-refractivity contribution in [3.63, 3.8) is 0 Å². The van der Waals surface area contributed by atoms with E-state index in [2.05, 4.69) is 21.0 Å². The molecule has 1 amide bonds. The van der Waals surface area contributed by atoms with Crippen molar-refractivity contribution in [1.82, 2.24) is 24.1 Å². The van der Waals surface area contributed by atoms with Gasteiger partial charge in [0.2, 0.25) is 5.91 Å². The topological polar surface area (TPSA) is 81.4 Å². The summed E-state index contributed by atoms with van der Waals surface area (Å²) in [6.07, 6.45) is 6.74. The molecule has 2 aliphatic rings. The third-order valence-corrected chi connectivity index (χ3v) is 5.73. The van der Waals surface area contributed by atoms with Crippen molar-refractivity contribution in [2.75, 3.05) is 39.3 Å². The molecule has 8 nitrogen and oxygen atoms in total. The Balaban J connectivity index is 1.35. The van der Waals surface area contributed by atoms with Gasteiger partial charge in [-0.15, -0.1) is 0 Å². The number of likely N-dealkylation sites (tertiary alicyclic amines) is 1. The van der Waals surface area contributed by atoms with E-state index in [1.54, 1.807) is 0 Å². The number of hydrogen-bond acceptors (Lipinski definition) is 5. The quantitative estimate of drug-likeness (QED) is 0.824.